The van der Waals surface area contributed by atoms with Crippen molar-refractivity contribution in [2.45, 2.75) is 56.5 Å². The molecule has 2 heterocycles. The standard InChI is InChI=1S/C18H20O6/c1-9-4-2-3-5-12-18(24-12)8-13(21)23-17(18)15-11(20)7-6-10(19)14(15)16(9)22/h4,6-7,12,16-17,19-20,22H,2-3,5,8H2,1H3. The minimum atomic E-state index is -1.08. The van der Waals surface area contributed by atoms with Crippen LogP contribution in [0.4, 0.5) is 0 Å². The molecule has 24 heavy (non-hydrogen) atoms. The lowest BCUT2D eigenvalue weighted by atomic mass is 9.85. The highest BCUT2D eigenvalue weighted by Crippen LogP contribution is 2.59. The Balaban J connectivity index is 1.92. The molecule has 128 valence electrons. The fourth-order valence-electron chi connectivity index (χ4n) is 3.96. The number of hydrogen-bond acceptors (Lipinski definition) is 6. The number of aliphatic hydroxyl groups is 1. The Hall–Kier alpha value is -2.05. The van der Waals surface area contributed by atoms with E-state index >= 15 is 0 Å². The summed E-state index contributed by atoms with van der Waals surface area (Å²) in [6.07, 6.45) is 2.45. The average Bonchev–Trinajstić information content (AvgIpc) is 3.12. The van der Waals surface area contributed by atoms with Crippen molar-refractivity contribution in [2.75, 3.05) is 0 Å². The Labute approximate surface area is 139 Å². The third-order valence-electron chi connectivity index (χ3n) is 5.31. The van der Waals surface area contributed by atoms with Crippen molar-refractivity contribution >= 4 is 5.97 Å². The van der Waals surface area contributed by atoms with Crippen LogP contribution in [-0.2, 0) is 14.3 Å². The van der Waals surface area contributed by atoms with Crippen molar-refractivity contribution in [2.24, 2.45) is 0 Å². The van der Waals surface area contributed by atoms with E-state index in [-0.39, 0.29) is 35.2 Å². The summed E-state index contributed by atoms with van der Waals surface area (Å²) in [6, 6.07) is 2.68. The predicted octanol–water partition coefficient (Wildman–Crippen LogP) is 2.39. The third-order valence-corrected chi connectivity index (χ3v) is 5.31. The third kappa shape index (κ3) is 2.13. The van der Waals surface area contributed by atoms with Gasteiger partial charge in [-0.15, -0.1) is 0 Å². The molecule has 2 fully saturated rings. The molecule has 1 spiro atoms. The molecule has 4 rings (SSSR count). The largest absolute Gasteiger partial charge is 0.508 e. The minimum Gasteiger partial charge on any atom is -0.508 e. The summed E-state index contributed by atoms with van der Waals surface area (Å²) >= 11 is 0. The number of epoxide rings is 1. The quantitative estimate of drug-likeness (QED) is 0.292. The van der Waals surface area contributed by atoms with Crippen LogP contribution in [0, 0.1) is 0 Å². The summed E-state index contributed by atoms with van der Waals surface area (Å²) < 4.78 is 11.3. The molecule has 3 N–H and O–H groups in total. The first kappa shape index (κ1) is 15.5. The van der Waals surface area contributed by atoms with Crippen LogP contribution in [-0.4, -0.2) is 33.0 Å². The highest BCUT2D eigenvalue weighted by Gasteiger charge is 2.68. The van der Waals surface area contributed by atoms with E-state index in [1.54, 1.807) is 6.92 Å². The van der Waals surface area contributed by atoms with E-state index in [0.717, 1.165) is 19.3 Å². The first-order chi connectivity index (χ1) is 11.4. The zero-order valence-electron chi connectivity index (χ0n) is 13.4. The molecule has 1 aromatic rings. The predicted molar refractivity (Wildman–Crippen MR) is 83.4 cm³/mol. The highest BCUT2D eigenvalue weighted by molar-refractivity contribution is 5.76. The minimum absolute atomic E-state index is 0.118. The molecule has 1 aliphatic carbocycles. The van der Waals surface area contributed by atoms with Gasteiger partial charge in [-0.1, -0.05) is 6.08 Å². The lowest BCUT2D eigenvalue weighted by Gasteiger charge is -2.24. The highest BCUT2D eigenvalue weighted by atomic mass is 16.7. The molecule has 6 heteroatoms. The number of hydrogen-bond donors (Lipinski definition) is 3. The molecular formula is C18H20O6. The summed E-state index contributed by atoms with van der Waals surface area (Å²) in [5.74, 6) is -0.658. The lowest BCUT2D eigenvalue weighted by Crippen LogP contribution is -2.22. The molecule has 3 aliphatic rings. The molecular weight excluding hydrogens is 312 g/mol. The Morgan fingerprint density at radius 1 is 1.21 bits per heavy atom. The maximum Gasteiger partial charge on any atom is 0.309 e. The normalized spacial score (nSPS) is 35.0. The molecule has 2 saturated heterocycles. The number of phenols is 2. The van der Waals surface area contributed by atoms with Gasteiger partial charge in [-0.2, -0.15) is 0 Å². The Morgan fingerprint density at radius 2 is 1.92 bits per heavy atom. The number of ether oxygens (including phenoxy) is 2. The van der Waals surface area contributed by atoms with E-state index in [2.05, 4.69) is 0 Å². The van der Waals surface area contributed by atoms with Crippen molar-refractivity contribution in [3.8, 4) is 11.5 Å². The van der Waals surface area contributed by atoms with Crippen molar-refractivity contribution in [1.82, 2.24) is 0 Å². The van der Waals surface area contributed by atoms with Gasteiger partial charge in [0.2, 0.25) is 0 Å². The average molecular weight is 332 g/mol. The van der Waals surface area contributed by atoms with Gasteiger partial charge < -0.3 is 24.8 Å². The smallest absolute Gasteiger partial charge is 0.309 e. The SMILES string of the molecule is CC1=CCCCC2OC23CC(=O)OC3c2c(O)ccc(O)c2C1O. The number of carbonyl (C=O) groups excluding carboxylic acids is 1. The number of carbonyl (C=O) groups is 1. The molecule has 0 amide bonds. The van der Waals surface area contributed by atoms with Crippen LogP contribution in [0.2, 0.25) is 0 Å². The summed E-state index contributed by atoms with van der Waals surface area (Å²) in [4.78, 5) is 11.9. The van der Waals surface area contributed by atoms with Gasteiger partial charge in [0.15, 0.2) is 6.10 Å². The number of fused-ring (bicyclic) bond motifs is 2. The van der Waals surface area contributed by atoms with E-state index in [9.17, 15) is 20.1 Å². The van der Waals surface area contributed by atoms with Gasteiger partial charge in [0.1, 0.15) is 23.2 Å². The number of phenolic OH excluding ortho intramolecular Hbond substituents is 2. The summed E-state index contributed by atoms with van der Waals surface area (Å²) in [5, 5.41) is 31.4. The van der Waals surface area contributed by atoms with Gasteiger partial charge >= 0.3 is 5.97 Å². The number of aliphatic hydroxyl groups excluding tert-OH is 1. The first-order valence-electron chi connectivity index (χ1n) is 8.21. The first-order valence-corrected chi connectivity index (χ1v) is 8.21. The molecule has 4 unspecified atom stereocenters. The second kappa shape index (κ2) is 5.22. The molecule has 6 nitrogen and oxygen atoms in total. The van der Waals surface area contributed by atoms with Crippen molar-refractivity contribution < 1.29 is 29.6 Å². The number of benzene rings is 1. The van der Waals surface area contributed by atoms with Crippen molar-refractivity contribution in [3.63, 3.8) is 0 Å². The number of rotatable bonds is 0. The zero-order valence-corrected chi connectivity index (χ0v) is 13.4. The zero-order chi connectivity index (χ0) is 17.1. The fourth-order valence-corrected chi connectivity index (χ4v) is 3.96. The van der Waals surface area contributed by atoms with E-state index in [4.69, 9.17) is 9.47 Å². The molecule has 0 radical (unpaired) electrons. The van der Waals surface area contributed by atoms with Crippen molar-refractivity contribution in [1.29, 1.82) is 0 Å². The summed E-state index contributed by atoms with van der Waals surface area (Å²) in [6.45, 7) is 1.78. The van der Waals surface area contributed by atoms with Gasteiger partial charge in [-0.25, -0.2) is 0 Å². The Morgan fingerprint density at radius 3 is 2.67 bits per heavy atom. The van der Waals surface area contributed by atoms with Crippen molar-refractivity contribution in [3.05, 3.63) is 34.9 Å². The van der Waals surface area contributed by atoms with Gasteiger partial charge in [0, 0.05) is 11.1 Å². The Kier molecular flexibility index (Phi) is 3.37. The monoisotopic (exact) mass is 332 g/mol. The molecule has 4 atom stereocenters. The van der Waals surface area contributed by atoms with Crippen LogP contribution in [0.5, 0.6) is 11.5 Å². The van der Waals surface area contributed by atoms with Crippen LogP contribution in [0.3, 0.4) is 0 Å². The molecule has 2 aliphatic heterocycles. The van der Waals surface area contributed by atoms with Crippen LogP contribution in [0.1, 0.15) is 55.9 Å². The molecule has 0 saturated carbocycles. The summed E-state index contributed by atoms with van der Waals surface area (Å²) in [7, 11) is 0. The van der Waals surface area contributed by atoms with Gasteiger partial charge in [-0.3, -0.25) is 4.79 Å². The van der Waals surface area contributed by atoms with Gasteiger partial charge in [-0.05, 0) is 43.9 Å². The second-order valence-electron chi connectivity index (χ2n) is 6.82. The topological polar surface area (TPSA) is 99.5 Å². The number of esters is 1. The van der Waals surface area contributed by atoms with Crippen LogP contribution in [0.25, 0.3) is 0 Å². The number of allylic oxidation sites excluding steroid dienone is 1. The number of aromatic hydroxyl groups is 2. The van der Waals surface area contributed by atoms with E-state index in [0.29, 0.717) is 5.57 Å². The second-order valence-corrected chi connectivity index (χ2v) is 6.82. The molecule has 1 aromatic carbocycles. The van der Waals surface area contributed by atoms with Crippen LogP contribution < -0.4 is 0 Å². The van der Waals surface area contributed by atoms with E-state index in [1.807, 2.05) is 6.08 Å². The molecule has 0 bridgehead atoms. The van der Waals surface area contributed by atoms with Crippen LogP contribution in [0.15, 0.2) is 23.8 Å². The summed E-state index contributed by atoms with van der Waals surface area (Å²) in [5.41, 5.74) is 0.311. The fraction of sp³-hybridized carbons (Fsp3) is 0.500. The Bertz CT molecular complexity index is 739. The maximum atomic E-state index is 11.9. The lowest BCUT2D eigenvalue weighted by molar-refractivity contribution is -0.142. The van der Waals surface area contributed by atoms with Crippen LogP contribution >= 0.6 is 0 Å². The molecule has 0 aromatic heterocycles. The van der Waals surface area contributed by atoms with E-state index in [1.165, 1.54) is 12.1 Å². The van der Waals surface area contributed by atoms with Gasteiger partial charge in [0.25, 0.3) is 0 Å². The van der Waals surface area contributed by atoms with E-state index < -0.39 is 23.8 Å². The van der Waals surface area contributed by atoms with Gasteiger partial charge in [0.05, 0.1) is 12.5 Å². The maximum absolute atomic E-state index is 11.9.